The van der Waals surface area contributed by atoms with Crippen molar-refractivity contribution in [2.45, 2.75) is 59.9 Å². The minimum absolute atomic E-state index is 0.0755. The van der Waals surface area contributed by atoms with Gasteiger partial charge in [-0.05, 0) is 32.6 Å². The molecule has 1 rings (SSSR count). The standard InChI is InChI=1S/C16H25NO4/c1-10-8-21-11(7-12(18)19)13(10)14(20)17-16(5,6)9-15(2,3)4/h8H,7,9H2,1-6H3,(H,17,20)(H,18,19). The SMILES string of the molecule is Cc1coc(CC(=O)O)c1C(=O)NC(C)(C)CC(C)(C)C. The fourth-order valence-electron chi connectivity index (χ4n) is 2.81. The Morgan fingerprint density at radius 2 is 1.81 bits per heavy atom. The first-order valence-corrected chi connectivity index (χ1v) is 7.02. The lowest BCUT2D eigenvalue weighted by Gasteiger charge is -2.33. The van der Waals surface area contributed by atoms with Crippen LogP contribution in [0.5, 0.6) is 0 Å². The smallest absolute Gasteiger partial charge is 0.311 e. The Kier molecular flexibility index (Phi) is 4.87. The first-order valence-electron chi connectivity index (χ1n) is 7.02. The van der Waals surface area contributed by atoms with E-state index >= 15 is 0 Å². The van der Waals surface area contributed by atoms with Gasteiger partial charge in [0.2, 0.25) is 0 Å². The van der Waals surface area contributed by atoms with Crippen LogP contribution >= 0.6 is 0 Å². The van der Waals surface area contributed by atoms with Gasteiger partial charge in [-0.25, -0.2) is 0 Å². The highest BCUT2D eigenvalue weighted by Gasteiger charge is 2.29. The molecule has 0 aliphatic heterocycles. The van der Waals surface area contributed by atoms with Crippen LogP contribution in [-0.2, 0) is 11.2 Å². The Balaban J connectivity index is 2.94. The first-order chi connectivity index (χ1) is 9.41. The molecule has 0 saturated heterocycles. The lowest BCUT2D eigenvalue weighted by Crippen LogP contribution is -2.46. The summed E-state index contributed by atoms with van der Waals surface area (Å²) in [6.07, 6.45) is 1.93. The summed E-state index contributed by atoms with van der Waals surface area (Å²) in [5, 5.41) is 11.9. The van der Waals surface area contributed by atoms with E-state index in [-0.39, 0.29) is 29.0 Å². The zero-order valence-electron chi connectivity index (χ0n) is 13.7. The van der Waals surface area contributed by atoms with E-state index in [9.17, 15) is 9.59 Å². The maximum atomic E-state index is 12.5. The number of amides is 1. The van der Waals surface area contributed by atoms with Gasteiger partial charge in [0.15, 0.2) is 0 Å². The first kappa shape index (κ1) is 17.3. The molecule has 5 heteroatoms. The molecule has 0 aromatic carbocycles. The molecule has 0 aliphatic carbocycles. The largest absolute Gasteiger partial charge is 0.481 e. The molecule has 1 heterocycles. The van der Waals surface area contributed by atoms with Crippen LogP contribution in [0.2, 0.25) is 0 Å². The Morgan fingerprint density at radius 3 is 2.29 bits per heavy atom. The van der Waals surface area contributed by atoms with Crippen LogP contribution in [-0.4, -0.2) is 22.5 Å². The summed E-state index contributed by atoms with van der Waals surface area (Å²) in [4.78, 5) is 23.3. The third-order valence-corrected chi connectivity index (χ3v) is 3.01. The van der Waals surface area contributed by atoms with E-state index in [0.717, 1.165) is 6.42 Å². The number of carboxylic acids is 1. The summed E-state index contributed by atoms with van der Waals surface area (Å²) in [5.41, 5.74) is 0.667. The maximum Gasteiger partial charge on any atom is 0.311 e. The molecule has 1 aromatic rings. The molecule has 0 fully saturated rings. The molecule has 118 valence electrons. The summed E-state index contributed by atoms with van der Waals surface area (Å²) >= 11 is 0. The van der Waals surface area contributed by atoms with Crippen LogP contribution in [0, 0.1) is 12.3 Å². The number of carbonyl (C=O) groups is 2. The highest BCUT2D eigenvalue weighted by atomic mass is 16.4. The monoisotopic (exact) mass is 295 g/mol. The number of carboxylic acid groups (broad SMARTS) is 1. The molecule has 0 bridgehead atoms. The van der Waals surface area contributed by atoms with Gasteiger partial charge in [0, 0.05) is 11.1 Å². The van der Waals surface area contributed by atoms with E-state index < -0.39 is 5.97 Å². The third-order valence-electron chi connectivity index (χ3n) is 3.01. The summed E-state index contributed by atoms with van der Waals surface area (Å²) in [6.45, 7) is 12.0. The fraction of sp³-hybridized carbons (Fsp3) is 0.625. The van der Waals surface area contributed by atoms with Crippen LogP contribution < -0.4 is 5.32 Å². The number of aliphatic carboxylic acids is 1. The second-order valence-corrected chi connectivity index (χ2v) is 7.36. The van der Waals surface area contributed by atoms with Crippen molar-refractivity contribution in [1.82, 2.24) is 5.32 Å². The van der Waals surface area contributed by atoms with Gasteiger partial charge in [0.25, 0.3) is 5.91 Å². The molecular formula is C16H25NO4. The topological polar surface area (TPSA) is 79.5 Å². The molecule has 0 unspecified atom stereocenters. The molecule has 0 aliphatic rings. The molecular weight excluding hydrogens is 270 g/mol. The number of aryl methyl sites for hydroxylation is 1. The van der Waals surface area contributed by atoms with Crippen molar-refractivity contribution in [3.63, 3.8) is 0 Å². The molecule has 1 aromatic heterocycles. The van der Waals surface area contributed by atoms with Crippen LogP contribution in [0.4, 0.5) is 0 Å². The second-order valence-electron chi connectivity index (χ2n) is 7.36. The predicted octanol–water partition coefficient (Wildman–Crippen LogP) is 3.16. The van der Waals surface area contributed by atoms with Gasteiger partial charge >= 0.3 is 5.97 Å². The normalized spacial score (nSPS) is 12.3. The van der Waals surface area contributed by atoms with Crippen LogP contribution in [0.3, 0.4) is 0 Å². The predicted molar refractivity (Wildman–Crippen MR) is 80.4 cm³/mol. The van der Waals surface area contributed by atoms with Crippen molar-refractivity contribution in [3.05, 3.63) is 23.2 Å². The van der Waals surface area contributed by atoms with Gasteiger partial charge in [-0.1, -0.05) is 20.8 Å². The van der Waals surface area contributed by atoms with Crippen LogP contribution in [0.15, 0.2) is 10.7 Å². The van der Waals surface area contributed by atoms with Gasteiger partial charge in [-0.3, -0.25) is 9.59 Å². The minimum Gasteiger partial charge on any atom is -0.481 e. The van der Waals surface area contributed by atoms with Crippen molar-refractivity contribution < 1.29 is 19.1 Å². The van der Waals surface area contributed by atoms with Crippen LogP contribution in [0.1, 0.15) is 62.7 Å². The Labute approximate surface area is 125 Å². The molecule has 0 atom stereocenters. The van der Waals surface area contributed by atoms with Crippen LogP contribution in [0.25, 0.3) is 0 Å². The van der Waals surface area contributed by atoms with Gasteiger partial charge in [-0.15, -0.1) is 0 Å². The molecule has 0 radical (unpaired) electrons. The number of carbonyl (C=O) groups excluding carboxylic acids is 1. The quantitative estimate of drug-likeness (QED) is 0.874. The molecule has 2 N–H and O–H groups in total. The highest BCUT2D eigenvalue weighted by Crippen LogP contribution is 2.27. The maximum absolute atomic E-state index is 12.5. The van der Waals surface area contributed by atoms with E-state index in [1.165, 1.54) is 6.26 Å². The summed E-state index contributed by atoms with van der Waals surface area (Å²) in [7, 11) is 0. The summed E-state index contributed by atoms with van der Waals surface area (Å²) in [5.74, 6) is -1.11. The Hall–Kier alpha value is -1.78. The van der Waals surface area contributed by atoms with Gasteiger partial charge in [0.1, 0.15) is 12.2 Å². The Bertz CT molecular complexity index is 535. The highest BCUT2D eigenvalue weighted by molar-refractivity contribution is 5.97. The second kappa shape index (κ2) is 5.92. The zero-order valence-corrected chi connectivity index (χ0v) is 13.7. The average Bonchev–Trinajstić information content (AvgIpc) is 2.53. The van der Waals surface area contributed by atoms with Crippen molar-refractivity contribution in [2.75, 3.05) is 0 Å². The number of rotatable bonds is 5. The van der Waals surface area contributed by atoms with Gasteiger partial charge in [0.05, 0.1) is 11.8 Å². The lowest BCUT2D eigenvalue weighted by atomic mass is 9.81. The van der Waals surface area contributed by atoms with E-state index in [1.807, 2.05) is 13.8 Å². The average molecular weight is 295 g/mol. The van der Waals surface area contributed by atoms with Gasteiger partial charge in [-0.2, -0.15) is 0 Å². The number of nitrogens with one attached hydrogen (secondary N) is 1. The van der Waals surface area contributed by atoms with E-state index in [1.54, 1.807) is 6.92 Å². The summed E-state index contributed by atoms with van der Waals surface area (Å²) < 4.78 is 5.20. The van der Waals surface area contributed by atoms with Crippen molar-refractivity contribution in [3.8, 4) is 0 Å². The number of hydrogen-bond donors (Lipinski definition) is 2. The Morgan fingerprint density at radius 1 is 1.24 bits per heavy atom. The van der Waals surface area contributed by atoms with Gasteiger partial charge < -0.3 is 14.8 Å². The minimum atomic E-state index is -1.02. The molecule has 1 amide bonds. The molecule has 0 saturated carbocycles. The van der Waals surface area contributed by atoms with E-state index in [2.05, 4.69) is 26.1 Å². The third kappa shape index (κ3) is 5.25. The zero-order chi connectivity index (χ0) is 16.4. The fourth-order valence-corrected chi connectivity index (χ4v) is 2.81. The van der Waals surface area contributed by atoms with E-state index in [4.69, 9.17) is 9.52 Å². The molecule has 21 heavy (non-hydrogen) atoms. The number of furan rings is 1. The van der Waals surface area contributed by atoms with Crippen molar-refractivity contribution in [1.29, 1.82) is 0 Å². The molecule has 0 spiro atoms. The van der Waals surface area contributed by atoms with Crippen molar-refractivity contribution in [2.24, 2.45) is 5.41 Å². The number of hydrogen-bond acceptors (Lipinski definition) is 3. The van der Waals surface area contributed by atoms with Crippen molar-refractivity contribution >= 4 is 11.9 Å². The van der Waals surface area contributed by atoms with E-state index in [0.29, 0.717) is 11.1 Å². The summed E-state index contributed by atoms with van der Waals surface area (Å²) in [6, 6.07) is 0. The lowest BCUT2D eigenvalue weighted by molar-refractivity contribution is -0.136. The molecule has 5 nitrogen and oxygen atoms in total.